The van der Waals surface area contributed by atoms with Crippen molar-refractivity contribution in [3.8, 4) is 0 Å². The fourth-order valence-corrected chi connectivity index (χ4v) is 11.1. The zero-order valence-corrected chi connectivity index (χ0v) is 15.8. The molecule has 0 aromatic heterocycles. The predicted molar refractivity (Wildman–Crippen MR) is 89.7 cm³/mol. The van der Waals surface area contributed by atoms with E-state index in [1.165, 1.54) is 15.6 Å². The Morgan fingerprint density at radius 2 is 0.700 bits per heavy atom. The van der Waals surface area contributed by atoms with Gasteiger partial charge in [-0.25, -0.2) is 0 Å². The molecule has 20 heavy (non-hydrogen) atoms. The van der Waals surface area contributed by atoms with Crippen LogP contribution in [0.15, 0.2) is 91.0 Å². The summed E-state index contributed by atoms with van der Waals surface area (Å²) in [7, 11) is 0. The molecule has 0 N–H and O–H groups in total. The van der Waals surface area contributed by atoms with Crippen LogP contribution in [0.2, 0.25) is 0 Å². The minimum absolute atomic E-state index is 0.726. The van der Waals surface area contributed by atoms with E-state index in [0.29, 0.717) is 0 Å². The molecule has 3 aromatic carbocycles. The summed E-state index contributed by atoms with van der Waals surface area (Å²) >= 11 is 0.726. The maximum absolute atomic E-state index is 2.32. The summed E-state index contributed by atoms with van der Waals surface area (Å²) in [4.78, 5) is 0. The molecule has 3 aromatic rings. The molecule has 0 aliphatic carbocycles. The van der Waals surface area contributed by atoms with Crippen LogP contribution >= 0.6 is 0 Å². The fraction of sp³-hybridized carbons (Fsp3) is 0. The molecule has 0 radical (unpaired) electrons. The third kappa shape index (κ3) is 2.77. The molecule has 0 fully saturated rings. The van der Waals surface area contributed by atoms with Gasteiger partial charge in [0.15, 0.2) is 0 Å². The van der Waals surface area contributed by atoms with E-state index in [1.54, 1.807) is 0 Å². The van der Waals surface area contributed by atoms with Crippen LogP contribution in [0.5, 0.6) is 0 Å². The molecule has 3 rings (SSSR count). The van der Waals surface area contributed by atoms with Gasteiger partial charge in [-0.1, -0.05) is 0 Å². The van der Waals surface area contributed by atoms with E-state index in [1.807, 2.05) is 0 Å². The van der Waals surface area contributed by atoms with Crippen molar-refractivity contribution in [1.29, 1.82) is 0 Å². The van der Waals surface area contributed by atoms with Crippen molar-refractivity contribution in [2.45, 2.75) is 0 Å². The van der Waals surface area contributed by atoms with Crippen molar-refractivity contribution in [3.63, 3.8) is 0 Å². The van der Waals surface area contributed by atoms with Gasteiger partial charge in [0.25, 0.3) is 0 Å². The van der Waals surface area contributed by atoms with Crippen LogP contribution in [-0.2, 0) is 0 Å². The Labute approximate surface area is 153 Å². The van der Waals surface area contributed by atoms with Gasteiger partial charge >= 0.3 is 155 Å². The summed E-state index contributed by atoms with van der Waals surface area (Å²) in [5.41, 5.74) is 0. The summed E-state index contributed by atoms with van der Waals surface area (Å²) in [5, 5.41) is 4.62. The summed E-state index contributed by atoms with van der Waals surface area (Å²) in [6, 6.07) is 33.3. The zero-order valence-electron chi connectivity index (χ0n) is 11.7. The van der Waals surface area contributed by atoms with Crippen molar-refractivity contribution >= 4 is 64.0 Å². The van der Waals surface area contributed by atoms with Crippen molar-refractivity contribution in [1.82, 2.24) is 0 Å². The first-order valence-electron chi connectivity index (χ1n) is 6.98. The van der Waals surface area contributed by atoms with Crippen molar-refractivity contribution in [2.24, 2.45) is 0 Å². The summed E-state index contributed by atoms with van der Waals surface area (Å²) in [6.07, 6.45) is 0. The number of benzene rings is 3. The summed E-state index contributed by atoms with van der Waals surface area (Å²) in [5.74, 6) is 0. The minimum atomic E-state index is -1.69. The molecule has 0 heterocycles. The number of hydrogen-bond acceptors (Lipinski definition) is 0. The van der Waals surface area contributed by atoms with Crippen LogP contribution in [0.1, 0.15) is 0 Å². The van der Waals surface area contributed by atoms with E-state index in [-0.39, 0.29) is 0 Å². The average molecular weight is 299 g/mol. The van der Waals surface area contributed by atoms with Crippen LogP contribution in [0.25, 0.3) is 0 Å². The van der Waals surface area contributed by atoms with Crippen molar-refractivity contribution < 1.29 is 0 Å². The summed E-state index contributed by atoms with van der Waals surface area (Å²) in [6.45, 7) is 0. The van der Waals surface area contributed by atoms with Crippen LogP contribution in [0.4, 0.5) is 0 Å². The van der Waals surface area contributed by atoms with Crippen LogP contribution < -0.4 is 15.6 Å². The van der Waals surface area contributed by atoms with Gasteiger partial charge < -0.3 is 0 Å². The first kappa shape index (κ1) is 14.5. The van der Waals surface area contributed by atoms with E-state index in [0.717, 1.165) is 47.7 Å². The summed E-state index contributed by atoms with van der Waals surface area (Å²) < 4.78 is -1.69. The van der Waals surface area contributed by atoms with E-state index in [2.05, 4.69) is 91.0 Å². The molecule has 2 heteroatoms. The van der Waals surface area contributed by atoms with Gasteiger partial charge in [-0.2, -0.15) is 0 Å². The first-order chi connectivity index (χ1) is 9.82. The second kappa shape index (κ2) is 6.52. The Morgan fingerprint density at radius 1 is 0.450 bits per heavy atom. The van der Waals surface area contributed by atoms with Crippen LogP contribution in [0.3, 0.4) is 0 Å². The Balaban J connectivity index is 2.24. The maximum atomic E-state index is 2.32. The first-order valence-corrected chi connectivity index (χ1v) is 14.2. The van der Waals surface area contributed by atoms with Gasteiger partial charge in [-0.3, -0.25) is 0 Å². The number of hydrogen-bond donors (Lipinski definition) is 0. The van der Waals surface area contributed by atoms with Gasteiger partial charge in [-0.15, -0.1) is 0 Å². The molecule has 0 aliphatic rings. The molecule has 92 valence electrons. The fourth-order valence-electron chi connectivity index (χ4n) is 2.81. The van der Waals surface area contributed by atoms with Gasteiger partial charge in [0.1, 0.15) is 0 Å². The van der Waals surface area contributed by atoms with Crippen LogP contribution in [0, 0.1) is 0 Å². The molecule has 0 bridgehead atoms. The Bertz CT molecular complexity index is 569. The Kier molecular flexibility index (Phi) is 4.71. The standard InChI is InChI=1S/C18H15Si.K/c1-4-10-16(11-5-1)19(17-12-6-2-7-13-17)18-14-8-3-9-15-18;/h1-15H;. The molecule has 0 unspecified atom stereocenters. The number of rotatable bonds is 3. The molecule has 0 saturated heterocycles. The van der Waals surface area contributed by atoms with Crippen LogP contribution in [-0.4, -0.2) is 48.4 Å². The second-order valence-electron chi connectivity index (χ2n) is 5.22. The monoisotopic (exact) mass is 298 g/mol. The third-order valence-corrected chi connectivity index (χ3v) is 16.6. The molecule has 0 amide bonds. The van der Waals surface area contributed by atoms with Gasteiger partial charge in [0.05, 0.1) is 0 Å². The van der Waals surface area contributed by atoms with E-state index in [9.17, 15) is 0 Å². The normalized spacial score (nSPS) is 11.3. The molecular weight excluding hydrogens is 283 g/mol. The molecule has 0 spiro atoms. The van der Waals surface area contributed by atoms with Gasteiger partial charge in [-0.05, 0) is 0 Å². The molecular formula is C18H15KSi. The zero-order chi connectivity index (χ0) is 13.8. The quantitative estimate of drug-likeness (QED) is 0.511. The molecule has 0 aliphatic heterocycles. The van der Waals surface area contributed by atoms with Crippen molar-refractivity contribution in [2.75, 3.05) is 0 Å². The Hall–Kier alpha value is -0.487. The van der Waals surface area contributed by atoms with Gasteiger partial charge in [0.2, 0.25) is 0 Å². The molecule has 0 nitrogen and oxygen atoms in total. The van der Waals surface area contributed by atoms with E-state index >= 15 is 0 Å². The predicted octanol–water partition coefficient (Wildman–Crippen LogP) is 1.82. The molecule has 0 saturated carbocycles. The second-order valence-corrected chi connectivity index (χ2v) is 16.2. The topological polar surface area (TPSA) is 0 Å². The van der Waals surface area contributed by atoms with Gasteiger partial charge in [0, 0.05) is 0 Å². The SMILES string of the molecule is [K][Si](c1ccccc1)(c1ccccc1)c1ccccc1. The van der Waals surface area contributed by atoms with E-state index < -0.39 is 0.755 Å². The van der Waals surface area contributed by atoms with E-state index in [4.69, 9.17) is 0 Å². The third-order valence-electron chi connectivity index (χ3n) is 4.05. The van der Waals surface area contributed by atoms with Crippen molar-refractivity contribution in [3.05, 3.63) is 91.0 Å². The molecule has 0 atom stereocenters. The Morgan fingerprint density at radius 3 is 0.950 bits per heavy atom. The average Bonchev–Trinajstić information content (AvgIpc) is 2.56.